The van der Waals surface area contributed by atoms with E-state index in [2.05, 4.69) is 10.4 Å². The molecule has 1 unspecified atom stereocenters. The third kappa shape index (κ3) is 5.29. The first-order valence-electron chi connectivity index (χ1n) is 8.20. The maximum atomic E-state index is 12.9. The van der Waals surface area contributed by atoms with Gasteiger partial charge in [-0.1, -0.05) is 12.1 Å². The molecule has 6 nitrogen and oxygen atoms in total. The van der Waals surface area contributed by atoms with E-state index < -0.39 is 24.5 Å². The number of aliphatic carboxylic acids is 1. The monoisotopic (exact) mass is 397 g/mol. The summed E-state index contributed by atoms with van der Waals surface area (Å²) in [5, 5.41) is 15.6. The fourth-order valence-electron chi connectivity index (χ4n) is 2.81. The Balaban J connectivity index is 2.17. The summed E-state index contributed by atoms with van der Waals surface area (Å²) >= 11 is 1.55. The van der Waals surface area contributed by atoms with Crippen molar-refractivity contribution in [2.24, 2.45) is 0 Å². The van der Waals surface area contributed by atoms with Gasteiger partial charge in [0.2, 0.25) is 5.91 Å². The third-order valence-corrected chi connectivity index (χ3v) is 4.97. The van der Waals surface area contributed by atoms with Gasteiger partial charge in [-0.15, -0.1) is 11.8 Å². The van der Waals surface area contributed by atoms with Gasteiger partial charge in [-0.05, 0) is 37.8 Å². The van der Waals surface area contributed by atoms with Crippen LogP contribution in [0.15, 0.2) is 29.2 Å². The number of nitrogens with zero attached hydrogens (tertiary/aromatic N) is 2. The van der Waals surface area contributed by atoms with Crippen LogP contribution in [0.3, 0.4) is 0 Å². The number of aromatic nitrogens is 2. The molecule has 1 atom stereocenters. The molecular weight excluding hydrogens is 376 g/mol. The first kappa shape index (κ1) is 20.9. The van der Waals surface area contributed by atoms with Crippen molar-refractivity contribution in [3.63, 3.8) is 0 Å². The van der Waals surface area contributed by atoms with E-state index in [9.17, 15) is 18.4 Å². The summed E-state index contributed by atoms with van der Waals surface area (Å²) in [7, 11) is 0. The number of aryl methyl sites for hydroxylation is 1. The molecule has 1 aromatic heterocycles. The summed E-state index contributed by atoms with van der Waals surface area (Å²) in [6, 6.07) is 6.52. The smallest absolute Gasteiger partial charge is 0.333 e. The maximum absolute atomic E-state index is 12.9. The molecule has 2 rings (SSSR count). The fourth-order valence-corrected chi connectivity index (χ4v) is 3.22. The molecule has 0 aliphatic heterocycles. The van der Waals surface area contributed by atoms with Crippen LogP contribution < -0.4 is 5.32 Å². The Hall–Kier alpha value is -2.42. The van der Waals surface area contributed by atoms with E-state index in [4.69, 9.17) is 5.11 Å². The van der Waals surface area contributed by atoms with Crippen LogP contribution in [0.5, 0.6) is 0 Å². The van der Waals surface area contributed by atoms with Crippen molar-refractivity contribution >= 4 is 23.6 Å². The van der Waals surface area contributed by atoms with Crippen molar-refractivity contribution in [3.8, 4) is 0 Å². The molecule has 9 heteroatoms. The number of thioether (sulfide) groups is 1. The van der Waals surface area contributed by atoms with Crippen LogP contribution in [0.25, 0.3) is 0 Å². The molecule has 0 bridgehead atoms. The lowest BCUT2D eigenvalue weighted by Gasteiger charge is -2.18. The number of benzene rings is 1. The number of amides is 1. The van der Waals surface area contributed by atoms with Crippen molar-refractivity contribution in [1.29, 1.82) is 0 Å². The SMILES string of the molecule is CSc1ccc(C(CC(=O)O)NC(=O)Cc2c(C)nn(C(F)F)c2C)cc1. The Labute approximate surface area is 160 Å². The van der Waals surface area contributed by atoms with Crippen LogP contribution in [0.2, 0.25) is 0 Å². The number of halogens is 2. The molecular formula is C18H21F2N3O3S. The minimum absolute atomic E-state index is 0.149. The molecule has 27 heavy (non-hydrogen) atoms. The molecule has 0 radical (unpaired) electrons. The second-order valence-corrected chi connectivity index (χ2v) is 6.92. The molecule has 1 amide bonds. The van der Waals surface area contributed by atoms with Gasteiger partial charge in [0.15, 0.2) is 0 Å². The van der Waals surface area contributed by atoms with Gasteiger partial charge >= 0.3 is 12.5 Å². The first-order valence-corrected chi connectivity index (χ1v) is 9.43. The average molecular weight is 397 g/mol. The van der Waals surface area contributed by atoms with E-state index in [0.29, 0.717) is 21.5 Å². The zero-order chi connectivity index (χ0) is 20.1. The summed E-state index contributed by atoms with van der Waals surface area (Å²) in [6.07, 6.45) is 1.50. The molecule has 0 aliphatic rings. The Morgan fingerprint density at radius 3 is 2.37 bits per heavy atom. The molecule has 2 N–H and O–H groups in total. The highest BCUT2D eigenvalue weighted by Gasteiger charge is 2.22. The maximum Gasteiger partial charge on any atom is 0.333 e. The summed E-state index contributed by atoms with van der Waals surface area (Å²) in [6.45, 7) is 0.255. The summed E-state index contributed by atoms with van der Waals surface area (Å²) < 4.78 is 26.4. The zero-order valence-corrected chi connectivity index (χ0v) is 16.0. The van der Waals surface area contributed by atoms with Crippen molar-refractivity contribution in [1.82, 2.24) is 15.1 Å². The Morgan fingerprint density at radius 1 is 1.26 bits per heavy atom. The fraction of sp³-hybridized carbons (Fsp3) is 0.389. The minimum atomic E-state index is -2.78. The second-order valence-electron chi connectivity index (χ2n) is 6.04. The predicted molar refractivity (Wildman–Crippen MR) is 98.0 cm³/mol. The van der Waals surface area contributed by atoms with Gasteiger partial charge in [0.1, 0.15) is 0 Å². The van der Waals surface area contributed by atoms with Crippen LogP contribution in [0.1, 0.15) is 41.5 Å². The summed E-state index contributed by atoms with van der Waals surface area (Å²) in [5.74, 6) is -1.50. The zero-order valence-electron chi connectivity index (χ0n) is 15.2. The number of hydrogen-bond acceptors (Lipinski definition) is 4. The average Bonchev–Trinajstić information content (AvgIpc) is 2.89. The highest BCUT2D eigenvalue weighted by atomic mass is 32.2. The molecule has 0 saturated heterocycles. The lowest BCUT2D eigenvalue weighted by Crippen LogP contribution is -2.31. The lowest BCUT2D eigenvalue weighted by atomic mass is 10.0. The summed E-state index contributed by atoms with van der Waals surface area (Å²) in [4.78, 5) is 24.7. The first-order chi connectivity index (χ1) is 12.7. The van der Waals surface area contributed by atoms with E-state index in [0.717, 1.165) is 4.90 Å². The van der Waals surface area contributed by atoms with Gasteiger partial charge in [-0.25, -0.2) is 4.68 Å². The second kappa shape index (κ2) is 8.98. The predicted octanol–water partition coefficient (Wildman–Crippen LogP) is 3.49. The molecule has 1 aromatic carbocycles. The van der Waals surface area contributed by atoms with E-state index in [1.165, 1.54) is 6.92 Å². The Morgan fingerprint density at radius 2 is 1.89 bits per heavy atom. The quantitative estimate of drug-likeness (QED) is 0.666. The number of carbonyl (C=O) groups excluding carboxylic acids is 1. The molecule has 0 fully saturated rings. The van der Waals surface area contributed by atoms with Crippen molar-refractivity contribution in [2.75, 3.05) is 6.26 Å². The number of nitrogens with one attached hydrogen (secondary N) is 1. The molecule has 0 aliphatic carbocycles. The largest absolute Gasteiger partial charge is 0.481 e. The van der Waals surface area contributed by atoms with Crippen molar-refractivity contribution in [3.05, 3.63) is 46.8 Å². The lowest BCUT2D eigenvalue weighted by molar-refractivity contribution is -0.137. The molecule has 2 aromatic rings. The van der Waals surface area contributed by atoms with E-state index in [1.807, 2.05) is 18.4 Å². The number of carboxylic acid groups (broad SMARTS) is 1. The molecule has 1 heterocycles. The number of carboxylic acids is 1. The third-order valence-electron chi connectivity index (χ3n) is 4.23. The minimum Gasteiger partial charge on any atom is -0.481 e. The molecule has 146 valence electrons. The van der Waals surface area contributed by atoms with Gasteiger partial charge in [0, 0.05) is 16.2 Å². The Bertz CT molecular complexity index is 822. The van der Waals surface area contributed by atoms with E-state index >= 15 is 0 Å². The van der Waals surface area contributed by atoms with Crippen LogP contribution in [0, 0.1) is 13.8 Å². The summed E-state index contributed by atoms with van der Waals surface area (Å²) in [5.41, 5.74) is 1.65. The van der Waals surface area contributed by atoms with Crippen molar-refractivity contribution in [2.45, 2.75) is 44.2 Å². The van der Waals surface area contributed by atoms with Crippen LogP contribution in [-0.2, 0) is 16.0 Å². The van der Waals surface area contributed by atoms with Gasteiger partial charge in [0.25, 0.3) is 0 Å². The number of carbonyl (C=O) groups is 2. The normalized spacial score (nSPS) is 12.2. The number of rotatable bonds is 8. The number of hydrogen-bond donors (Lipinski definition) is 2. The molecule has 0 saturated carbocycles. The van der Waals surface area contributed by atoms with Crippen molar-refractivity contribution < 1.29 is 23.5 Å². The van der Waals surface area contributed by atoms with Crippen LogP contribution >= 0.6 is 11.8 Å². The van der Waals surface area contributed by atoms with Gasteiger partial charge in [0.05, 0.1) is 24.6 Å². The van der Waals surface area contributed by atoms with Gasteiger partial charge < -0.3 is 10.4 Å². The highest BCUT2D eigenvalue weighted by molar-refractivity contribution is 7.98. The van der Waals surface area contributed by atoms with E-state index in [1.54, 1.807) is 30.8 Å². The Kier molecular flexibility index (Phi) is 6.95. The van der Waals surface area contributed by atoms with Crippen LogP contribution in [-0.4, -0.2) is 33.0 Å². The van der Waals surface area contributed by atoms with Gasteiger partial charge in [-0.2, -0.15) is 13.9 Å². The highest BCUT2D eigenvalue weighted by Crippen LogP contribution is 2.23. The topological polar surface area (TPSA) is 84.2 Å². The van der Waals surface area contributed by atoms with E-state index in [-0.39, 0.29) is 18.5 Å². The van der Waals surface area contributed by atoms with Gasteiger partial charge in [-0.3, -0.25) is 9.59 Å². The standard InChI is InChI=1S/C18H21F2N3O3S/c1-10-14(11(2)23(22-10)18(19)20)8-16(24)21-15(9-17(25)26)12-4-6-13(27-3)7-5-12/h4-7,15,18H,8-9H2,1-3H3,(H,21,24)(H,25,26). The van der Waals surface area contributed by atoms with Crippen LogP contribution in [0.4, 0.5) is 8.78 Å². The number of alkyl halides is 2. The molecule has 0 spiro atoms.